The molecule has 1 atom stereocenters. The molecule has 0 aliphatic heterocycles. The van der Waals surface area contributed by atoms with E-state index < -0.39 is 11.9 Å². The topological polar surface area (TPSA) is 58.6 Å². The van der Waals surface area contributed by atoms with E-state index in [-0.39, 0.29) is 31.0 Å². The smallest absolute Gasteiger partial charge is 0.261 e. The molecule has 0 spiro atoms. The quantitative estimate of drug-likeness (QED) is 0.397. The molecule has 6 heteroatoms. The molecule has 1 aliphatic carbocycles. The zero-order valence-corrected chi connectivity index (χ0v) is 21.6. The Hall–Kier alpha value is -3.67. The fourth-order valence-corrected chi connectivity index (χ4v) is 4.82. The number of hydrogen-bond acceptors (Lipinski definition) is 3. The van der Waals surface area contributed by atoms with Gasteiger partial charge in [0, 0.05) is 24.6 Å². The predicted molar refractivity (Wildman–Crippen MR) is 143 cm³/mol. The lowest BCUT2D eigenvalue weighted by molar-refractivity contribution is -0.143. The van der Waals surface area contributed by atoms with Crippen LogP contribution in [0.2, 0.25) is 0 Å². The molecule has 1 N–H and O–H groups in total. The van der Waals surface area contributed by atoms with Gasteiger partial charge in [-0.15, -0.1) is 0 Å². The molecule has 1 aliphatic rings. The molecule has 0 aromatic heterocycles. The number of aryl methyl sites for hydroxylation is 2. The molecule has 0 unspecified atom stereocenters. The predicted octanol–water partition coefficient (Wildman–Crippen LogP) is 5.52. The molecule has 4 rings (SSSR count). The highest BCUT2D eigenvalue weighted by Crippen LogP contribution is 2.22. The summed E-state index contributed by atoms with van der Waals surface area (Å²) in [5, 5.41) is 3.16. The summed E-state index contributed by atoms with van der Waals surface area (Å²) in [6.45, 7) is 3.60. The monoisotopic (exact) mass is 502 g/mol. The van der Waals surface area contributed by atoms with E-state index >= 15 is 0 Å². The molecule has 3 aromatic carbocycles. The molecule has 5 nitrogen and oxygen atoms in total. The number of carbonyl (C=O) groups excluding carboxylic acids is 2. The van der Waals surface area contributed by atoms with E-state index in [2.05, 4.69) is 5.32 Å². The van der Waals surface area contributed by atoms with E-state index in [1.165, 1.54) is 11.0 Å². The molecule has 1 fully saturated rings. The number of hydrogen-bond donors (Lipinski definition) is 1. The Balaban J connectivity index is 1.63. The van der Waals surface area contributed by atoms with Crippen LogP contribution in [-0.2, 0) is 22.6 Å². The van der Waals surface area contributed by atoms with Gasteiger partial charge < -0.3 is 15.0 Å². The van der Waals surface area contributed by atoms with Crippen molar-refractivity contribution >= 4 is 11.8 Å². The summed E-state index contributed by atoms with van der Waals surface area (Å²) < 4.78 is 20.6. The van der Waals surface area contributed by atoms with Crippen molar-refractivity contribution in [2.75, 3.05) is 6.61 Å². The van der Waals surface area contributed by atoms with Gasteiger partial charge in [-0.25, -0.2) is 4.39 Å². The van der Waals surface area contributed by atoms with E-state index in [1.807, 2.05) is 62.4 Å². The molecule has 37 heavy (non-hydrogen) atoms. The number of nitrogens with one attached hydrogen (secondary N) is 1. The highest BCUT2D eigenvalue weighted by atomic mass is 19.1. The number of benzene rings is 3. The van der Waals surface area contributed by atoms with Crippen molar-refractivity contribution in [2.45, 2.75) is 64.6 Å². The highest BCUT2D eigenvalue weighted by Gasteiger charge is 2.33. The molecule has 194 valence electrons. The highest BCUT2D eigenvalue weighted by molar-refractivity contribution is 5.88. The Morgan fingerprint density at radius 1 is 1.00 bits per heavy atom. The van der Waals surface area contributed by atoms with Crippen molar-refractivity contribution in [3.8, 4) is 5.75 Å². The lowest BCUT2D eigenvalue weighted by Gasteiger charge is -2.32. The number of amides is 2. The van der Waals surface area contributed by atoms with Crippen LogP contribution in [0.25, 0.3) is 0 Å². The van der Waals surface area contributed by atoms with Gasteiger partial charge in [0.25, 0.3) is 5.91 Å². The van der Waals surface area contributed by atoms with Crippen LogP contribution in [0.4, 0.5) is 4.39 Å². The van der Waals surface area contributed by atoms with Crippen molar-refractivity contribution in [3.05, 3.63) is 101 Å². The van der Waals surface area contributed by atoms with Crippen LogP contribution in [0.3, 0.4) is 0 Å². The van der Waals surface area contributed by atoms with E-state index in [1.54, 1.807) is 18.2 Å². The van der Waals surface area contributed by atoms with Crippen LogP contribution in [-0.4, -0.2) is 35.4 Å². The molecular formula is C31H35FN2O3. The van der Waals surface area contributed by atoms with Crippen LogP contribution in [0.5, 0.6) is 5.75 Å². The van der Waals surface area contributed by atoms with Crippen LogP contribution < -0.4 is 10.1 Å². The lowest BCUT2D eigenvalue weighted by atomic mass is 10.0. The molecule has 2 amide bonds. The van der Waals surface area contributed by atoms with Gasteiger partial charge in [0.1, 0.15) is 17.6 Å². The van der Waals surface area contributed by atoms with Gasteiger partial charge in [0.05, 0.1) is 0 Å². The van der Waals surface area contributed by atoms with Crippen molar-refractivity contribution < 1.29 is 18.7 Å². The first-order chi connectivity index (χ1) is 17.9. The van der Waals surface area contributed by atoms with E-state index in [9.17, 15) is 14.0 Å². The van der Waals surface area contributed by atoms with Crippen LogP contribution in [0.1, 0.15) is 47.9 Å². The Labute approximate surface area is 218 Å². The average Bonchev–Trinajstić information content (AvgIpc) is 3.41. The van der Waals surface area contributed by atoms with E-state index in [0.717, 1.165) is 42.4 Å². The number of carbonyl (C=O) groups is 2. The van der Waals surface area contributed by atoms with Crippen molar-refractivity contribution in [3.63, 3.8) is 0 Å². The van der Waals surface area contributed by atoms with Crippen LogP contribution >= 0.6 is 0 Å². The Morgan fingerprint density at radius 3 is 2.43 bits per heavy atom. The summed E-state index contributed by atoms with van der Waals surface area (Å²) in [6.07, 6.45) is 4.34. The SMILES string of the molecule is Cc1ccc(C)c(OCC(=O)N(Cc2ccccc2F)[C@H](Cc2ccccc2)C(=O)NC2CCCC2)c1. The van der Waals surface area contributed by atoms with E-state index in [4.69, 9.17) is 4.74 Å². The third kappa shape index (κ3) is 7.19. The molecular weight excluding hydrogens is 467 g/mol. The summed E-state index contributed by atoms with van der Waals surface area (Å²) in [5.41, 5.74) is 3.22. The van der Waals surface area contributed by atoms with Crippen molar-refractivity contribution in [1.29, 1.82) is 0 Å². The summed E-state index contributed by atoms with van der Waals surface area (Å²) in [4.78, 5) is 28.8. The second-order valence-corrected chi connectivity index (χ2v) is 9.87. The van der Waals surface area contributed by atoms with Crippen molar-refractivity contribution in [1.82, 2.24) is 10.2 Å². The van der Waals surface area contributed by atoms with Gasteiger partial charge in [0.2, 0.25) is 5.91 Å². The van der Waals surface area contributed by atoms with Gasteiger partial charge in [-0.3, -0.25) is 9.59 Å². The average molecular weight is 503 g/mol. The largest absolute Gasteiger partial charge is 0.483 e. The van der Waals surface area contributed by atoms with E-state index in [0.29, 0.717) is 17.7 Å². The minimum atomic E-state index is -0.808. The normalized spacial score (nSPS) is 14.2. The molecule has 0 bridgehead atoms. The Kier molecular flexibility index (Phi) is 8.94. The molecule has 0 radical (unpaired) electrons. The first-order valence-electron chi connectivity index (χ1n) is 13.0. The Bertz CT molecular complexity index is 1210. The molecule has 1 saturated carbocycles. The Morgan fingerprint density at radius 2 is 1.70 bits per heavy atom. The summed E-state index contributed by atoms with van der Waals surface area (Å²) in [5.74, 6) is -0.376. The first kappa shape index (κ1) is 26.4. The second kappa shape index (κ2) is 12.5. The van der Waals surface area contributed by atoms with Crippen LogP contribution in [0, 0.1) is 19.7 Å². The fraction of sp³-hybridized carbons (Fsp3) is 0.355. The summed E-state index contributed by atoms with van der Waals surface area (Å²) >= 11 is 0. The molecule has 3 aromatic rings. The van der Waals surface area contributed by atoms with Gasteiger partial charge >= 0.3 is 0 Å². The molecule has 0 heterocycles. The van der Waals surface area contributed by atoms with Crippen LogP contribution in [0.15, 0.2) is 72.8 Å². The third-order valence-corrected chi connectivity index (χ3v) is 6.97. The number of ether oxygens (including phenoxy) is 1. The summed E-state index contributed by atoms with van der Waals surface area (Å²) in [7, 11) is 0. The second-order valence-electron chi connectivity index (χ2n) is 9.87. The lowest BCUT2D eigenvalue weighted by Crippen LogP contribution is -2.53. The maximum atomic E-state index is 14.7. The number of rotatable bonds is 10. The fourth-order valence-electron chi connectivity index (χ4n) is 4.82. The van der Waals surface area contributed by atoms with Gasteiger partial charge in [-0.1, -0.05) is 73.5 Å². The van der Waals surface area contributed by atoms with Crippen molar-refractivity contribution in [2.24, 2.45) is 0 Å². The van der Waals surface area contributed by atoms with Gasteiger partial charge in [-0.2, -0.15) is 0 Å². The zero-order valence-electron chi connectivity index (χ0n) is 21.6. The number of halogens is 1. The third-order valence-electron chi connectivity index (χ3n) is 6.97. The standard InChI is InChI=1S/C31H35FN2O3/c1-22-16-17-23(2)29(18-22)37-21-30(35)34(20-25-12-6-9-15-27(25)32)28(19-24-10-4-3-5-11-24)31(36)33-26-13-7-8-14-26/h3-6,9-12,15-18,26,28H,7-8,13-14,19-21H2,1-2H3,(H,33,36)/t28-/m1/s1. The van der Waals surface area contributed by atoms with Gasteiger partial charge in [-0.05, 0) is 55.5 Å². The minimum absolute atomic E-state index is 0.0305. The maximum Gasteiger partial charge on any atom is 0.261 e. The minimum Gasteiger partial charge on any atom is -0.483 e. The number of nitrogens with zero attached hydrogens (tertiary/aromatic N) is 1. The molecule has 0 saturated heterocycles. The maximum absolute atomic E-state index is 14.7. The summed E-state index contributed by atoms with van der Waals surface area (Å²) in [6, 6.07) is 21.1. The zero-order chi connectivity index (χ0) is 26.2. The van der Waals surface area contributed by atoms with Gasteiger partial charge in [0.15, 0.2) is 6.61 Å². The first-order valence-corrected chi connectivity index (χ1v) is 13.0.